The number of anilines is 1. The first-order valence-electron chi connectivity index (χ1n) is 18.6. The first-order valence-corrected chi connectivity index (χ1v) is 20.1. The standard InChI is InChI=1S/C42H49N3O8S/c1-29-8-18-36(19-9-29)54(48,49)44-37(26-31-6-4-3-5-7-31)40(47)43-35-16-14-34(15-17-35)41-52-38(27-45-22-20-42(21-23-45)50-24-25-51-42)30(2)39(53-41)33-12-10-32(28-46)11-13-33/h3-19,30,37-39,41,44,46H,20-28H2,1-2H3,(H,43,47)/t30-,37-,38+,39+,41+/m1/s1. The van der Waals surface area contributed by atoms with E-state index in [1.54, 1.807) is 24.3 Å². The maximum absolute atomic E-state index is 13.7. The number of aryl methyl sites for hydroxylation is 1. The van der Waals surface area contributed by atoms with Crippen LogP contribution in [0.3, 0.4) is 0 Å². The first kappa shape index (κ1) is 38.3. The summed E-state index contributed by atoms with van der Waals surface area (Å²) in [5, 5.41) is 12.5. The third-order valence-corrected chi connectivity index (χ3v) is 12.2. The lowest BCUT2D eigenvalue weighted by Gasteiger charge is -2.44. The lowest BCUT2D eigenvalue weighted by molar-refractivity contribution is -0.278. The van der Waals surface area contributed by atoms with Gasteiger partial charge in [-0.05, 0) is 54.3 Å². The van der Waals surface area contributed by atoms with Gasteiger partial charge in [0.25, 0.3) is 0 Å². The van der Waals surface area contributed by atoms with Crippen molar-refractivity contribution in [2.45, 2.75) is 74.9 Å². The van der Waals surface area contributed by atoms with Crippen molar-refractivity contribution < 1.29 is 37.3 Å². The summed E-state index contributed by atoms with van der Waals surface area (Å²) >= 11 is 0. The molecule has 3 N–H and O–H groups in total. The van der Waals surface area contributed by atoms with Crippen molar-refractivity contribution in [1.29, 1.82) is 0 Å². The number of aliphatic hydroxyl groups is 1. The molecule has 3 aliphatic rings. The van der Waals surface area contributed by atoms with Crippen molar-refractivity contribution >= 4 is 21.6 Å². The highest BCUT2D eigenvalue weighted by molar-refractivity contribution is 7.89. The van der Waals surface area contributed by atoms with E-state index in [1.807, 2.05) is 73.7 Å². The number of hydrogen-bond donors (Lipinski definition) is 3. The van der Waals surface area contributed by atoms with Crippen LogP contribution in [0.4, 0.5) is 5.69 Å². The first-order chi connectivity index (χ1) is 26.1. The quantitative estimate of drug-likeness (QED) is 0.168. The number of carbonyl (C=O) groups excluding carboxylic acids is 1. The molecule has 0 aliphatic carbocycles. The van der Waals surface area contributed by atoms with E-state index in [1.165, 1.54) is 12.1 Å². The Morgan fingerprint density at radius 3 is 2.15 bits per heavy atom. The van der Waals surface area contributed by atoms with Crippen LogP contribution >= 0.6 is 0 Å². The number of piperidine rings is 1. The maximum Gasteiger partial charge on any atom is 0.242 e. The largest absolute Gasteiger partial charge is 0.392 e. The van der Waals surface area contributed by atoms with Crippen molar-refractivity contribution in [3.63, 3.8) is 0 Å². The molecule has 0 saturated carbocycles. The number of carbonyl (C=O) groups is 1. The smallest absolute Gasteiger partial charge is 0.242 e. The Hall–Kier alpha value is -3.98. The van der Waals surface area contributed by atoms with Crippen molar-refractivity contribution in [3.8, 4) is 0 Å². The molecule has 0 bridgehead atoms. The lowest BCUT2D eigenvalue weighted by atomic mass is 9.89. The van der Waals surface area contributed by atoms with Crippen molar-refractivity contribution in [1.82, 2.24) is 9.62 Å². The Morgan fingerprint density at radius 1 is 0.852 bits per heavy atom. The minimum Gasteiger partial charge on any atom is -0.392 e. The van der Waals surface area contributed by atoms with Gasteiger partial charge in [0, 0.05) is 49.6 Å². The van der Waals surface area contributed by atoms with E-state index in [0.717, 1.165) is 60.3 Å². The SMILES string of the molecule is Cc1ccc(S(=O)(=O)N[C@H](Cc2ccccc2)C(=O)Nc2ccc([C@H]3O[C@@H](CN4CCC5(CC4)OCCO5)[C@@H](C)[C@@H](c4ccc(CO)cc4)O3)cc2)cc1. The molecule has 4 aromatic carbocycles. The Balaban J connectivity index is 1.07. The summed E-state index contributed by atoms with van der Waals surface area (Å²) in [5.74, 6) is -0.910. The van der Waals surface area contributed by atoms with E-state index in [9.17, 15) is 18.3 Å². The summed E-state index contributed by atoms with van der Waals surface area (Å²) in [6.45, 7) is 7.69. The molecule has 3 saturated heterocycles. The van der Waals surface area contributed by atoms with Gasteiger partial charge < -0.3 is 34.3 Å². The number of sulfonamides is 1. The van der Waals surface area contributed by atoms with Gasteiger partial charge >= 0.3 is 0 Å². The predicted molar refractivity (Wildman–Crippen MR) is 204 cm³/mol. The number of amides is 1. The summed E-state index contributed by atoms with van der Waals surface area (Å²) < 4.78 is 54.6. The minimum atomic E-state index is -3.99. The number of benzene rings is 4. The van der Waals surface area contributed by atoms with Gasteiger partial charge in [-0.25, -0.2) is 8.42 Å². The number of aliphatic hydroxyl groups excluding tert-OH is 1. The zero-order valence-corrected chi connectivity index (χ0v) is 31.5. The van der Waals surface area contributed by atoms with Crippen molar-refractivity contribution in [2.24, 2.45) is 5.92 Å². The summed E-state index contributed by atoms with van der Waals surface area (Å²) in [7, 11) is -3.99. The van der Waals surface area contributed by atoms with Crippen LogP contribution in [-0.4, -0.2) is 75.1 Å². The molecule has 1 amide bonds. The molecule has 54 heavy (non-hydrogen) atoms. The average molecular weight is 756 g/mol. The second-order valence-corrected chi connectivity index (χ2v) is 16.2. The Labute approximate surface area is 317 Å². The average Bonchev–Trinajstić information content (AvgIpc) is 3.65. The summed E-state index contributed by atoms with van der Waals surface area (Å²) in [5.41, 5.74) is 4.88. The van der Waals surface area contributed by atoms with Gasteiger partial charge in [0.15, 0.2) is 12.1 Å². The van der Waals surface area contributed by atoms with Crippen LogP contribution in [0.2, 0.25) is 0 Å². The van der Waals surface area contributed by atoms with Gasteiger partial charge in [-0.3, -0.25) is 4.79 Å². The molecule has 0 aromatic heterocycles. The van der Waals surface area contributed by atoms with Gasteiger partial charge in [-0.1, -0.05) is 91.3 Å². The molecule has 11 nitrogen and oxygen atoms in total. The zero-order chi connectivity index (χ0) is 37.7. The molecule has 5 atom stereocenters. The topological polar surface area (TPSA) is 136 Å². The van der Waals surface area contributed by atoms with Crippen LogP contribution in [0.1, 0.15) is 60.0 Å². The number of hydrogen-bond acceptors (Lipinski definition) is 9. The Morgan fingerprint density at radius 2 is 1.50 bits per heavy atom. The molecule has 0 radical (unpaired) electrons. The maximum atomic E-state index is 13.7. The number of rotatable bonds is 12. The highest BCUT2D eigenvalue weighted by atomic mass is 32.2. The Kier molecular flexibility index (Phi) is 11.9. The van der Waals surface area contributed by atoms with E-state index >= 15 is 0 Å². The van der Waals surface area contributed by atoms with Gasteiger partial charge in [0.05, 0.1) is 36.9 Å². The molecule has 286 valence electrons. The molecule has 3 aliphatic heterocycles. The second-order valence-electron chi connectivity index (χ2n) is 14.5. The third kappa shape index (κ3) is 9.10. The predicted octanol–water partition coefficient (Wildman–Crippen LogP) is 5.65. The third-order valence-electron chi connectivity index (χ3n) is 10.7. The minimum absolute atomic E-state index is 0.0277. The molecule has 0 unspecified atom stereocenters. The zero-order valence-electron chi connectivity index (χ0n) is 30.7. The molecule has 3 fully saturated rings. The van der Waals surface area contributed by atoms with Crippen LogP contribution in [0.25, 0.3) is 0 Å². The monoisotopic (exact) mass is 755 g/mol. The number of nitrogens with zero attached hydrogens (tertiary/aromatic N) is 1. The number of likely N-dealkylation sites (tertiary alicyclic amines) is 1. The summed E-state index contributed by atoms with van der Waals surface area (Å²) in [4.78, 5) is 16.2. The Bertz CT molecular complexity index is 1940. The number of nitrogens with one attached hydrogen (secondary N) is 2. The second kappa shape index (κ2) is 16.8. The van der Waals surface area contributed by atoms with Crippen LogP contribution in [-0.2, 0) is 46.8 Å². The van der Waals surface area contributed by atoms with Crippen LogP contribution in [0.15, 0.2) is 108 Å². The molecular formula is C42H49N3O8S. The molecule has 7 rings (SSSR count). The fraction of sp³-hybridized carbons (Fsp3) is 0.405. The van der Waals surface area contributed by atoms with Gasteiger partial charge in [0.2, 0.25) is 15.9 Å². The van der Waals surface area contributed by atoms with Crippen molar-refractivity contribution in [3.05, 3.63) is 131 Å². The van der Waals surface area contributed by atoms with E-state index in [0.29, 0.717) is 18.9 Å². The molecule has 1 spiro atoms. The van der Waals surface area contributed by atoms with E-state index in [4.69, 9.17) is 18.9 Å². The number of ether oxygens (including phenoxy) is 4. The van der Waals surface area contributed by atoms with Gasteiger partial charge in [0.1, 0.15) is 6.04 Å². The fourth-order valence-corrected chi connectivity index (χ4v) is 8.60. The van der Waals surface area contributed by atoms with E-state index in [2.05, 4.69) is 21.9 Å². The van der Waals surface area contributed by atoms with Crippen molar-refractivity contribution in [2.75, 3.05) is 38.2 Å². The summed E-state index contributed by atoms with van der Waals surface area (Å²) in [6.07, 6.45) is 0.699. The molecule has 12 heteroatoms. The summed E-state index contributed by atoms with van der Waals surface area (Å²) in [6, 6.07) is 29.9. The van der Waals surface area contributed by atoms with Crippen LogP contribution in [0.5, 0.6) is 0 Å². The fourth-order valence-electron chi connectivity index (χ4n) is 7.41. The van der Waals surface area contributed by atoms with Gasteiger partial charge in [-0.15, -0.1) is 0 Å². The highest BCUT2D eigenvalue weighted by Crippen LogP contribution is 2.42. The molecule has 4 aromatic rings. The lowest BCUT2D eigenvalue weighted by Crippen LogP contribution is -2.50. The molecular weight excluding hydrogens is 707 g/mol. The van der Waals surface area contributed by atoms with Gasteiger partial charge in [-0.2, -0.15) is 4.72 Å². The molecule has 3 heterocycles. The van der Waals surface area contributed by atoms with E-state index in [-0.39, 0.29) is 36.0 Å². The van der Waals surface area contributed by atoms with E-state index < -0.39 is 34.0 Å². The highest BCUT2D eigenvalue weighted by Gasteiger charge is 2.43. The van der Waals surface area contributed by atoms with Crippen LogP contribution in [0, 0.1) is 12.8 Å². The van der Waals surface area contributed by atoms with Crippen LogP contribution < -0.4 is 10.0 Å². The normalized spacial score (nSPS) is 23.6.